The number of rotatable bonds is 2. The highest BCUT2D eigenvalue weighted by Gasteiger charge is 2.24. The maximum absolute atomic E-state index is 11.7. The summed E-state index contributed by atoms with van der Waals surface area (Å²) in [6.07, 6.45) is 3.04. The van der Waals surface area contributed by atoms with Gasteiger partial charge in [0.25, 0.3) is 0 Å². The van der Waals surface area contributed by atoms with Crippen molar-refractivity contribution in [3.05, 3.63) is 34.7 Å². The monoisotopic (exact) mass is 213 g/mol. The second kappa shape index (κ2) is 3.79. The molecule has 1 rings (SSSR count). The van der Waals surface area contributed by atoms with E-state index in [0.717, 1.165) is 0 Å². The van der Waals surface area contributed by atoms with Gasteiger partial charge in [0.05, 0.1) is 0 Å². The smallest absolute Gasteiger partial charge is 0.223 e. The summed E-state index contributed by atoms with van der Waals surface area (Å²) in [6, 6.07) is 5.92. The van der Waals surface area contributed by atoms with Crippen molar-refractivity contribution >= 4 is 15.3 Å². The highest BCUT2D eigenvalue weighted by atomic mass is 32.3. The second-order valence-corrected chi connectivity index (χ2v) is 6.25. The van der Waals surface area contributed by atoms with Gasteiger partial charge >= 0.3 is 0 Å². The fourth-order valence-electron chi connectivity index (χ4n) is 0.955. The number of hydrogen-bond acceptors (Lipinski definition) is 4. The first-order chi connectivity index (χ1) is 6.47. The molecule has 0 saturated carbocycles. The molecule has 0 bridgehead atoms. The number of phenols is 1. The van der Waals surface area contributed by atoms with E-state index in [4.69, 9.17) is 5.11 Å². The lowest BCUT2D eigenvalue weighted by molar-refractivity contribution is 0.108. The Hall–Kier alpha value is -1.36. The molecule has 0 aromatic heterocycles. The first-order valence-corrected chi connectivity index (χ1v) is 6.29. The molecule has 1 N–H and O–H groups in total. The predicted octanol–water partition coefficient (Wildman–Crippen LogP) is 2.28. The summed E-state index contributed by atoms with van der Waals surface area (Å²) in [5.74, 6) is 0.0111. The topological polar surface area (TPSA) is 66.7 Å². The Morgan fingerprint density at radius 3 is 2.57 bits per heavy atom. The van der Waals surface area contributed by atoms with E-state index < -0.39 is 10.2 Å². The van der Waals surface area contributed by atoms with Crippen LogP contribution in [-0.4, -0.2) is 22.7 Å². The van der Waals surface area contributed by atoms with Crippen molar-refractivity contribution in [3.63, 3.8) is 0 Å². The van der Waals surface area contributed by atoms with Gasteiger partial charge in [0.15, 0.2) is 0 Å². The van der Waals surface area contributed by atoms with Crippen LogP contribution >= 0.6 is 10.2 Å². The van der Waals surface area contributed by atoms with E-state index >= 15 is 0 Å². The van der Waals surface area contributed by atoms with Gasteiger partial charge in [-0.25, -0.2) is 0 Å². The van der Waals surface area contributed by atoms with Gasteiger partial charge in [0, 0.05) is 5.56 Å². The zero-order valence-electron chi connectivity index (χ0n) is 7.93. The van der Waals surface area contributed by atoms with Crippen molar-refractivity contribution in [2.24, 2.45) is 4.58 Å². The minimum Gasteiger partial charge on any atom is -0.508 e. The zero-order valence-corrected chi connectivity index (χ0v) is 8.75. The number of benzene rings is 1. The first-order valence-electron chi connectivity index (χ1n) is 3.88. The number of carbonyl (C=O) groups is 1. The average molecular weight is 213 g/mol. The van der Waals surface area contributed by atoms with Gasteiger partial charge in [-0.3, -0.25) is 4.79 Å². The fraction of sp³-hybridized carbons (Fsp3) is 0.222. The number of phenolic OH excluding ortho intramolecular Hbond substituents is 1. The van der Waals surface area contributed by atoms with E-state index in [-0.39, 0.29) is 10.9 Å². The van der Waals surface area contributed by atoms with Crippen LogP contribution in [0, 0.1) is 4.91 Å². The molecule has 0 aliphatic rings. The van der Waals surface area contributed by atoms with Gasteiger partial charge < -0.3 is 5.11 Å². The number of carbonyl (C=O) groups excluding carboxylic acids is 1. The summed E-state index contributed by atoms with van der Waals surface area (Å²) < 4.78 is 2.83. The minimum absolute atomic E-state index is 0.0111. The quantitative estimate of drug-likeness (QED) is 0.766. The van der Waals surface area contributed by atoms with Crippen LogP contribution in [0.2, 0.25) is 0 Å². The third-order valence-corrected chi connectivity index (χ3v) is 3.24. The summed E-state index contributed by atoms with van der Waals surface area (Å²) in [5.41, 5.74) is 0.324. The molecule has 1 aromatic rings. The number of hydrogen-bond donors (Lipinski definition) is 1. The molecule has 0 unspecified atom stereocenters. The Kier molecular flexibility index (Phi) is 2.90. The van der Waals surface area contributed by atoms with Crippen LogP contribution < -0.4 is 0 Å². The Bertz CT molecular complexity index is 376. The molecule has 14 heavy (non-hydrogen) atoms. The van der Waals surface area contributed by atoms with Crippen molar-refractivity contribution in [3.8, 4) is 5.75 Å². The van der Waals surface area contributed by atoms with Crippen LogP contribution in [0.4, 0.5) is 0 Å². The number of nitroso groups, excluding NO2 is 1. The van der Waals surface area contributed by atoms with Gasteiger partial charge in [-0.05, 0) is 39.4 Å². The van der Waals surface area contributed by atoms with Crippen LogP contribution in [0.25, 0.3) is 0 Å². The summed E-state index contributed by atoms with van der Waals surface area (Å²) in [6.45, 7) is 0. The lowest BCUT2D eigenvalue weighted by Crippen LogP contribution is -2.07. The van der Waals surface area contributed by atoms with Crippen molar-refractivity contribution < 1.29 is 9.90 Å². The average Bonchev–Trinajstić information content (AvgIpc) is 2.16. The molecule has 0 radical (unpaired) electrons. The molecule has 0 amide bonds. The van der Waals surface area contributed by atoms with Gasteiger partial charge in [0.2, 0.25) is 5.12 Å². The molecule has 5 heteroatoms. The van der Waals surface area contributed by atoms with Crippen molar-refractivity contribution in [2.45, 2.75) is 0 Å². The Labute approximate surface area is 83.4 Å². The van der Waals surface area contributed by atoms with E-state index in [1.54, 1.807) is 12.1 Å². The maximum atomic E-state index is 11.7. The molecular weight excluding hydrogens is 202 g/mol. The standard InChI is InChI=1S/C9H11NO3S/c1-14(2,10-13)9(12)7-4-3-5-8(11)6-7/h3-6,11H,1-2H3. The number of nitrogens with zero attached hydrogens (tertiary/aromatic N) is 1. The molecule has 4 nitrogen and oxygen atoms in total. The molecular formula is C9H11NO3S. The Morgan fingerprint density at radius 1 is 1.43 bits per heavy atom. The zero-order chi connectivity index (χ0) is 10.8. The van der Waals surface area contributed by atoms with Gasteiger partial charge in [-0.15, -0.1) is 4.91 Å². The lowest BCUT2D eigenvalue weighted by Gasteiger charge is -2.18. The molecule has 0 aliphatic heterocycles. The summed E-state index contributed by atoms with van der Waals surface area (Å²) >= 11 is 0. The molecule has 0 aliphatic carbocycles. The van der Waals surface area contributed by atoms with Gasteiger partial charge in [-0.2, -0.15) is 0 Å². The van der Waals surface area contributed by atoms with Crippen molar-refractivity contribution in [1.29, 1.82) is 0 Å². The maximum Gasteiger partial charge on any atom is 0.223 e. The second-order valence-electron chi connectivity index (χ2n) is 3.19. The Morgan fingerprint density at radius 2 is 2.07 bits per heavy atom. The van der Waals surface area contributed by atoms with Crippen LogP contribution in [0.5, 0.6) is 5.75 Å². The minimum atomic E-state index is -2.15. The summed E-state index contributed by atoms with van der Waals surface area (Å²) in [7, 11) is -2.15. The molecule has 0 heterocycles. The van der Waals surface area contributed by atoms with E-state index in [9.17, 15) is 9.70 Å². The predicted molar refractivity (Wildman–Crippen MR) is 57.7 cm³/mol. The van der Waals surface area contributed by atoms with E-state index in [1.165, 1.54) is 24.6 Å². The third kappa shape index (κ3) is 2.11. The third-order valence-electron chi connectivity index (χ3n) is 1.72. The Balaban J connectivity index is 3.07. The first kappa shape index (κ1) is 10.7. The number of aromatic hydroxyl groups is 1. The van der Waals surface area contributed by atoms with Gasteiger partial charge in [0.1, 0.15) is 5.75 Å². The van der Waals surface area contributed by atoms with Crippen molar-refractivity contribution in [2.75, 3.05) is 12.5 Å². The van der Waals surface area contributed by atoms with Crippen LogP contribution in [0.3, 0.4) is 0 Å². The van der Waals surface area contributed by atoms with E-state index in [1.807, 2.05) is 0 Å². The normalized spacial score (nSPS) is 12.1. The summed E-state index contributed by atoms with van der Waals surface area (Å²) in [4.78, 5) is 22.1. The van der Waals surface area contributed by atoms with E-state index in [0.29, 0.717) is 5.56 Å². The molecule has 76 valence electrons. The largest absolute Gasteiger partial charge is 0.508 e. The highest BCUT2D eigenvalue weighted by Crippen LogP contribution is 2.44. The molecule has 0 atom stereocenters. The fourth-order valence-corrected chi connectivity index (χ4v) is 1.73. The van der Waals surface area contributed by atoms with Crippen LogP contribution in [0.15, 0.2) is 28.8 Å². The SMILES string of the molecule is CS(C)(N=O)C(=O)c1cccc(O)c1. The summed E-state index contributed by atoms with van der Waals surface area (Å²) in [5, 5.41) is 8.83. The van der Waals surface area contributed by atoms with E-state index in [2.05, 4.69) is 4.58 Å². The molecule has 0 spiro atoms. The molecule has 1 aromatic carbocycles. The highest BCUT2D eigenvalue weighted by molar-refractivity contribution is 8.43. The van der Waals surface area contributed by atoms with Crippen LogP contribution in [0.1, 0.15) is 10.4 Å². The van der Waals surface area contributed by atoms with Crippen LogP contribution in [-0.2, 0) is 0 Å². The molecule has 0 saturated heterocycles. The van der Waals surface area contributed by atoms with Gasteiger partial charge in [-0.1, -0.05) is 12.1 Å². The van der Waals surface area contributed by atoms with Crippen molar-refractivity contribution in [1.82, 2.24) is 0 Å². The lowest BCUT2D eigenvalue weighted by atomic mass is 10.2. The molecule has 0 fully saturated rings.